The van der Waals surface area contributed by atoms with Crippen LogP contribution in [0, 0.1) is 0 Å². The molecule has 0 heterocycles. The summed E-state index contributed by atoms with van der Waals surface area (Å²) in [7, 11) is 0. The van der Waals surface area contributed by atoms with E-state index in [4.69, 9.17) is 10.2 Å². The number of aliphatic carboxylic acids is 1. The van der Waals surface area contributed by atoms with Crippen molar-refractivity contribution >= 4 is 17.9 Å². The lowest BCUT2D eigenvalue weighted by molar-refractivity contribution is -0.146. The number of carbonyl (C=O) groups is 3. The monoisotopic (exact) mass is 238 g/mol. The molecule has 0 saturated heterocycles. The Kier molecular flexibility index (Phi) is 3.82. The third-order valence-electron chi connectivity index (χ3n) is 2.01. The van der Waals surface area contributed by atoms with Crippen molar-refractivity contribution in [3.63, 3.8) is 0 Å². The molecule has 0 amide bonds. The van der Waals surface area contributed by atoms with E-state index in [1.807, 2.05) is 0 Å². The molecule has 17 heavy (non-hydrogen) atoms. The zero-order valence-corrected chi connectivity index (χ0v) is 8.91. The van der Waals surface area contributed by atoms with Crippen molar-refractivity contribution < 1.29 is 29.3 Å². The largest absolute Gasteiger partial charge is 0.479 e. The first-order valence-corrected chi connectivity index (χ1v) is 4.69. The van der Waals surface area contributed by atoms with Crippen molar-refractivity contribution in [2.75, 3.05) is 0 Å². The van der Waals surface area contributed by atoms with Crippen molar-refractivity contribution in [3.05, 3.63) is 35.4 Å². The SMILES string of the molecule is CC(OC(=O)c1ccccc1C(=O)O)C(=O)O. The first kappa shape index (κ1) is 12.7. The van der Waals surface area contributed by atoms with Crippen LogP contribution in [0.5, 0.6) is 0 Å². The Morgan fingerprint density at radius 2 is 1.65 bits per heavy atom. The Morgan fingerprint density at radius 1 is 1.12 bits per heavy atom. The van der Waals surface area contributed by atoms with Gasteiger partial charge in [0.15, 0.2) is 6.10 Å². The molecule has 1 aromatic carbocycles. The normalized spacial score (nSPS) is 11.6. The van der Waals surface area contributed by atoms with Crippen molar-refractivity contribution in [1.29, 1.82) is 0 Å². The summed E-state index contributed by atoms with van der Waals surface area (Å²) >= 11 is 0. The lowest BCUT2D eigenvalue weighted by atomic mass is 10.1. The van der Waals surface area contributed by atoms with Crippen LogP contribution in [0.3, 0.4) is 0 Å². The number of benzene rings is 1. The fourth-order valence-electron chi connectivity index (χ4n) is 1.12. The second-order valence-corrected chi connectivity index (χ2v) is 3.24. The molecule has 0 aliphatic carbocycles. The lowest BCUT2D eigenvalue weighted by Gasteiger charge is -2.09. The van der Waals surface area contributed by atoms with Crippen LogP contribution in [0.2, 0.25) is 0 Å². The van der Waals surface area contributed by atoms with Crippen LogP contribution in [0.1, 0.15) is 27.6 Å². The highest BCUT2D eigenvalue weighted by Crippen LogP contribution is 2.11. The zero-order valence-electron chi connectivity index (χ0n) is 8.91. The second-order valence-electron chi connectivity index (χ2n) is 3.24. The van der Waals surface area contributed by atoms with Crippen LogP contribution in [0.15, 0.2) is 24.3 Å². The van der Waals surface area contributed by atoms with Gasteiger partial charge in [0.1, 0.15) is 0 Å². The smallest absolute Gasteiger partial charge is 0.344 e. The molecule has 0 fully saturated rings. The predicted octanol–water partition coefficient (Wildman–Crippen LogP) is 1.01. The fraction of sp³-hybridized carbons (Fsp3) is 0.182. The molecular formula is C11H10O6. The number of carbonyl (C=O) groups excluding carboxylic acids is 1. The highest BCUT2D eigenvalue weighted by Gasteiger charge is 2.21. The van der Waals surface area contributed by atoms with E-state index in [0.717, 1.165) is 0 Å². The maximum Gasteiger partial charge on any atom is 0.344 e. The van der Waals surface area contributed by atoms with E-state index in [1.54, 1.807) is 0 Å². The lowest BCUT2D eigenvalue weighted by Crippen LogP contribution is -2.24. The van der Waals surface area contributed by atoms with E-state index in [1.165, 1.54) is 31.2 Å². The molecule has 1 aromatic rings. The molecule has 2 N–H and O–H groups in total. The van der Waals surface area contributed by atoms with E-state index in [-0.39, 0.29) is 11.1 Å². The summed E-state index contributed by atoms with van der Waals surface area (Å²) in [5.74, 6) is -3.55. The number of esters is 1. The molecule has 0 saturated carbocycles. The Labute approximate surface area is 96.4 Å². The summed E-state index contributed by atoms with van der Waals surface area (Å²) in [4.78, 5) is 32.8. The molecule has 1 atom stereocenters. The first-order valence-electron chi connectivity index (χ1n) is 4.69. The number of carboxylic acids is 2. The van der Waals surface area contributed by atoms with Gasteiger partial charge in [-0.3, -0.25) is 0 Å². The third kappa shape index (κ3) is 3.04. The van der Waals surface area contributed by atoms with Gasteiger partial charge in [0.2, 0.25) is 0 Å². The Morgan fingerprint density at radius 3 is 2.12 bits per heavy atom. The van der Waals surface area contributed by atoms with E-state index < -0.39 is 24.0 Å². The molecule has 6 heteroatoms. The first-order chi connectivity index (χ1) is 7.93. The Hall–Kier alpha value is -2.37. The van der Waals surface area contributed by atoms with Crippen LogP contribution in [-0.2, 0) is 9.53 Å². The van der Waals surface area contributed by atoms with Crippen LogP contribution in [-0.4, -0.2) is 34.2 Å². The molecule has 0 bridgehead atoms. The van der Waals surface area contributed by atoms with E-state index in [9.17, 15) is 14.4 Å². The van der Waals surface area contributed by atoms with Gasteiger partial charge in [-0.05, 0) is 19.1 Å². The Balaban J connectivity index is 2.97. The number of ether oxygens (including phenoxy) is 1. The maximum atomic E-state index is 11.5. The predicted molar refractivity (Wildman–Crippen MR) is 55.9 cm³/mol. The van der Waals surface area contributed by atoms with Crippen molar-refractivity contribution in [2.24, 2.45) is 0 Å². The second kappa shape index (κ2) is 5.11. The molecule has 1 rings (SSSR count). The number of carboxylic acid groups (broad SMARTS) is 2. The fourth-order valence-corrected chi connectivity index (χ4v) is 1.12. The molecule has 0 spiro atoms. The van der Waals surface area contributed by atoms with Gasteiger partial charge >= 0.3 is 17.9 Å². The average Bonchev–Trinajstić information content (AvgIpc) is 2.28. The van der Waals surface area contributed by atoms with E-state index in [0.29, 0.717) is 0 Å². The van der Waals surface area contributed by atoms with Gasteiger partial charge in [-0.25, -0.2) is 14.4 Å². The van der Waals surface area contributed by atoms with Gasteiger partial charge in [0.05, 0.1) is 11.1 Å². The summed E-state index contributed by atoms with van der Waals surface area (Å²) in [5.41, 5.74) is -0.400. The zero-order chi connectivity index (χ0) is 13.0. The van der Waals surface area contributed by atoms with Crippen molar-refractivity contribution in [1.82, 2.24) is 0 Å². The molecule has 0 radical (unpaired) electrons. The van der Waals surface area contributed by atoms with Crippen LogP contribution >= 0.6 is 0 Å². The molecule has 0 aliphatic heterocycles. The molecule has 6 nitrogen and oxygen atoms in total. The number of hydrogen-bond donors (Lipinski definition) is 2. The third-order valence-corrected chi connectivity index (χ3v) is 2.01. The summed E-state index contributed by atoms with van der Waals surface area (Å²) in [6, 6.07) is 5.43. The highest BCUT2D eigenvalue weighted by atomic mass is 16.6. The molecule has 0 aromatic heterocycles. The minimum Gasteiger partial charge on any atom is -0.479 e. The topological polar surface area (TPSA) is 101 Å². The van der Waals surface area contributed by atoms with E-state index >= 15 is 0 Å². The summed E-state index contributed by atoms with van der Waals surface area (Å²) < 4.78 is 4.59. The number of aromatic carboxylic acids is 1. The van der Waals surface area contributed by atoms with Gasteiger partial charge in [-0.2, -0.15) is 0 Å². The maximum absolute atomic E-state index is 11.5. The molecule has 0 aliphatic rings. The summed E-state index contributed by atoms with van der Waals surface area (Å²) in [6.07, 6.45) is -1.33. The van der Waals surface area contributed by atoms with Crippen molar-refractivity contribution in [3.8, 4) is 0 Å². The van der Waals surface area contributed by atoms with Crippen molar-refractivity contribution in [2.45, 2.75) is 13.0 Å². The van der Waals surface area contributed by atoms with Gasteiger partial charge in [0, 0.05) is 0 Å². The minimum absolute atomic E-state index is 0.173. The highest BCUT2D eigenvalue weighted by molar-refractivity contribution is 6.02. The molecular weight excluding hydrogens is 228 g/mol. The van der Waals surface area contributed by atoms with Crippen LogP contribution in [0.25, 0.3) is 0 Å². The molecule has 90 valence electrons. The standard InChI is InChI=1S/C11H10O6/c1-6(9(12)13)17-11(16)8-5-3-2-4-7(8)10(14)15/h2-6H,1H3,(H,12,13)(H,14,15). The van der Waals surface area contributed by atoms with Gasteiger partial charge in [-0.1, -0.05) is 12.1 Å². The quantitative estimate of drug-likeness (QED) is 0.759. The minimum atomic E-state index is -1.33. The Bertz CT molecular complexity index is 465. The van der Waals surface area contributed by atoms with Gasteiger partial charge < -0.3 is 14.9 Å². The average molecular weight is 238 g/mol. The number of hydrogen-bond acceptors (Lipinski definition) is 4. The van der Waals surface area contributed by atoms with Crippen LogP contribution < -0.4 is 0 Å². The summed E-state index contributed by atoms with van der Waals surface area (Å²) in [6.45, 7) is 1.18. The number of rotatable bonds is 4. The molecule has 1 unspecified atom stereocenters. The van der Waals surface area contributed by atoms with Crippen LogP contribution in [0.4, 0.5) is 0 Å². The van der Waals surface area contributed by atoms with E-state index in [2.05, 4.69) is 4.74 Å². The summed E-state index contributed by atoms with van der Waals surface area (Å²) in [5, 5.41) is 17.4. The van der Waals surface area contributed by atoms with Gasteiger partial charge in [-0.15, -0.1) is 0 Å². The van der Waals surface area contributed by atoms with Gasteiger partial charge in [0.25, 0.3) is 0 Å².